The van der Waals surface area contributed by atoms with Crippen LogP contribution in [0.1, 0.15) is 36.7 Å². The molecule has 1 fully saturated rings. The first-order chi connectivity index (χ1) is 12.2. The summed E-state index contributed by atoms with van der Waals surface area (Å²) in [7, 11) is -3.65. The van der Waals surface area contributed by atoms with Gasteiger partial charge in [-0.15, -0.1) is 0 Å². The maximum Gasteiger partial charge on any atom is 0.246 e. The molecule has 1 aliphatic rings. The van der Waals surface area contributed by atoms with Crippen molar-refractivity contribution < 1.29 is 17.2 Å². The van der Waals surface area contributed by atoms with Gasteiger partial charge >= 0.3 is 0 Å². The van der Waals surface area contributed by atoms with Gasteiger partial charge in [-0.2, -0.15) is 9.40 Å². The van der Waals surface area contributed by atoms with Crippen LogP contribution in [0.3, 0.4) is 0 Å². The third-order valence-corrected chi connectivity index (χ3v) is 7.16. The van der Waals surface area contributed by atoms with Gasteiger partial charge in [0.05, 0.1) is 17.9 Å². The van der Waals surface area contributed by atoms with Crippen LogP contribution in [-0.4, -0.2) is 35.6 Å². The standard InChI is InChI=1S/C18H23F2N3O2S/c1-12-7-9-22(10-8-12)26(24,25)18-13(2)21-23(14(18)3)11-15-5-4-6-16(19)17(15)20/h4-6,12H,7-11H2,1-3H3. The zero-order chi connectivity index (χ0) is 19.1. The number of benzene rings is 1. The molecular weight excluding hydrogens is 360 g/mol. The van der Waals surface area contributed by atoms with Crippen LogP contribution < -0.4 is 0 Å². The van der Waals surface area contributed by atoms with Crippen LogP contribution in [0, 0.1) is 31.4 Å². The molecule has 1 aliphatic heterocycles. The fraction of sp³-hybridized carbons (Fsp3) is 0.500. The van der Waals surface area contributed by atoms with Gasteiger partial charge in [-0.05, 0) is 38.7 Å². The van der Waals surface area contributed by atoms with Gasteiger partial charge in [0.15, 0.2) is 11.6 Å². The first-order valence-corrected chi connectivity index (χ1v) is 10.1. The molecule has 0 bridgehead atoms. The highest BCUT2D eigenvalue weighted by Crippen LogP contribution is 2.28. The quantitative estimate of drug-likeness (QED) is 0.814. The summed E-state index contributed by atoms with van der Waals surface area (Å²) < 4.78 is 56.4. The molecule has 0 spiro atoms. The summed E-state index contributed by atoms with van der Waals surface area (Å²) in [5.74, 6) is -1.35. The van der Waals surface area contributed by atoms with Gasteiger partial charge in [0.25, 0.3) is 0 Å². The monoisotopic (exact) mass is 383 g/mol. The van der Waals surface area contributed by atoms with Gasteiger partial charge in [-0.25, -0.2) is 17.2 Å². The molecule has 2 aromatic rings. The molecule has 0 atom stereocenters. The molecule has 26 heavy (non-hydrogen) atoms. The Bertz CT molecular complexity index is 917. The van der Waals surface area contributed by atoms with Gasteiger partial charge in [-0.1, -0.05) is 19.1 Å². The van der Waals surface area contributed by atoms with Crippen LogP contribution in [0.25, 0.3) is 0 Å². The van der Waals surface area contributed by atoms with E-state index in [0.29, 0.717) is 30.4 Å². The normalized spacial score (nSPS) is 17.0. The minimum Gasteiger partial charge on any atom is -0.264 e. The summed E-state index contributed by atoms with van der Waals surface area (Å²) in [6.07, 6.45) is 1.67. The Labute approximate surface area is 152 Å². The lowest BCUT2D eigenvalue weighted by molar-refractivity contribution is 0.288. The molecule has 0 radical (unpaired) electrons. The number of hydrogen-bond acceptors (Lipinski definition) is 3. The van der Waals surface area contributed by atoms with Crippen molar-refractivity contribution >= 4 is 10.0 Å². The zero-order valence-electron chi connectivity index (χ0n) is 15.2. The lowest BCUT2D eigenvalue weighted by atomic mass is 10.0. The van der Waals surface area contributed by atoms with Gasteiger partial charge in [0.2, 0.25) is 10.0 Å². The minimum absolute atomic E-state index is 0.0250. The van der Waals surface area contributed by atoms with Crippen molar-refractivity contribution in [3.05, 3.63) is 46.8 Å². The Balaban J connectivity index is 1.94. The smallest absolute Gasteiger partial charge is 0.246 e. The summed E-state index contributed by atoms with van der Waals surface area (Å²) in [5.41, 5.74) is 0.939. The Morgan fingerprint density at radius 1 is 1.19 bits per heavy atom. The molecule has 1 aromatic heterocycles. The summed E-state index contributed by atoms with van der Waals surface area (Å²) in [6, 6.07) is 3.94. The van der Waals surface area contributed by atoms with Crippen LogP contribution >= 0.6 is 0 Å². The van der Waals surface area contributed by atoms with Crippen LogP contribution in [0.4, 0.5) is 8.78 Å². The van der Waals surface area contributed by atoms with Gasteiger partial charge < -0.3 is 0 Å². The van der Waals surface area contributed by atoms with Crippen molar-refractivity contribution in [1.82, 2.24) is 14.1 Å². The molecule has 3 rings (SSSR count). The number of sulfonamides is 1. The molecule has 1 aromatic carbocycles. The van der Waals surface area contributed by atoms with Crippen molar-refractivity contribution in [3.63, 3.8) is 0 Å². The van der Waals surface area contributed by atoms with Crippen molar-refractivity contribution in [3.8, 4) is 0 Å². The third-order valence-electron chi connectivity index (χ3n) is 5.01. The second-order valence-corrected chi connectivity index (χ2v) is 8.83. The summed E-state index contributed by atoms with van der Waals surface area (Å²) >= 11 is 0. The summed E-state index contributed by atoms with van der Waals surface area (Å²) in [5, 5.41) is 4.27. The molecule has 0 unspecified atom stereocenters. The first kappa shape index (κ1) is 19.0. The average molecular weight is 383 g/mol. The molecule has 8 heteroatoms. The number of halogens is 2. The van der Waals surface area contributed by atoms with E-state index in [4.69, 9.17) is 0 Å². The number of nitrogens with zero attached hydrogens (tertiary/aromatic N) is 3. The van der Waals surface area contributed by atoms with Crippen LogP contribution in [0.15, 0.2) is 23.1 Å². The van der Waals surface area contributed by atoms with E-state index in [1.54, 1.807) is 13.8 Å². The maximum atomic E-state index is 13.9. The molecule has 2 heterocycles. The molecule has 0 saturated carbocycles. The van der Waals surface area contributed by atoms with Crippen molar-refractivity contribution in [1.29, 1.82) is 0 Å². The van der Waals surface area contributed by atoms with E-state index < -0.39 is 21.7 Å². The molecule has 0 amide bonds. The number of piperidine rings is 1. The predicted molar refractivity (Wildman–Crippen MR) is 94.3 cm³/mol. The van der Waals surface area contributed by atoms with E-state index in [1.807, 2.05) is 0 Å². The molecular formula is C18H23F2N3O2S. The number of hydrogen-bond donors (Lipinski definition) is 0. The fourth-order valence-corrected chi connectivity index (χ4v) is 5.24. The van der Waals surface area contributed by atoms with E-state index in [0.717, 1.165) is 18.9 Å². The lowest BCUT2D eigenvalue weighted by Crippen LogP contribution is -2.38. The lowest BCUT2D eigenvalue weighted by Gasteiger charge is -2.29. The SMILES string of the molecule is Cc1nn(Cc2cccc(F)c2F)c(C)c1S(=O)(=O)N1CCC(C)CC1. The topological polar surface area (TPSA) is 55.2 Å². The van der Waals surface area contributed by atoms with Gasteiger partial charge in [0, 0.05) is 18.7 Å². The zero-order valence-corrected chi connectivity index (χ0v) is 16.0. The average Bonchev–Trinajstić information content (AvgIpc) is 2.86. The van der Waals surface area contributed by atoms with Crippen LogP contribution in [0.5, 0.6) is 0 Å². The maximum absolute atomic E-state index is 13.9. The van der Waals surface area contributed by atoms with Crippen molar-refractivity contribution in [2.75, 3.05) is 13.1 Å². The van der Waals surface area contributed by atoms with Gasteiger partial charge in [-0.3, -0.25) is 4.68 Å². The second-order valence-electron chi connectivity index (χ2n) is 6.96. The molecule has 1 saturated heterocycles. The van der Waals surface area contributed by atoms with Crippen molar-refractivity contribution in [2.24, 2.45) is 5.92 Å². The fourth-order valence-electron chi connectivity index (χ4n) is 3.39. The van der Waals surface area contributed by atoms with Crippen LogP contribution in [0.2, 0.25) is 0 Å². The summed E-state index contributed by atoms with van der Waals surface area (Å²) in [4.78, 5) is 0.170. The molecule has 0 aliphatic carbocycles. The minimum atomic E-state index is -3.65. The Morgan fingerprint density at radius 2 is 1.85 bits per heavy atom. The highest BCUT2D eigenvalue weighted by atomic mass is 32.2. The number of rotatable bonds is 4. The van der Waals surface area contributed by atoms with Crippen molar-refractivity contribution in [2.45, 2.75) is 45.1 Å². The second kappa shape index (κ2) is 7.08. The van der Waals surface area contributed by atoms with Crippen LogP contribution in [-0.2, 0) is 16.6 Å². The van der Waals surface area contributed by atoms with E-state index in [2.05, 4.69) is 12.0 Å². The number of aromatic nitrogens is 2. The largest absolute Gasteiger partial charge is 0.264 e. The van der Waals surface area contributed by atoms with E-state index >= 15 is 0 Å². The molecule has 5 nitrogen and oxygen atoms in total. The highest BCUT2D eigenvalue weighted by molar-refractivity contribution is 7.89. The Kier molecular flexibility index (Phi) is 5.16. The first-order valence-electron chi connectivity index (χ1n) is 8.69. The Hall–Kier alpha value is -1.80. The van der Waals surface area contributed by atoms with Gasteiger partial charge in [0.1, 0.15) is 4.90 Å². The highest BCUT2D eigenvalue weighted by Gasteiger charge is 2.33. The predicted octanol–water partition coefficient (Wildman–Crippen LogP) is 3.25. The third kappa shape index (κ3) is 3.40. The van der Waals surface area contributed by atoms with E-state index in [-0.39, 0.29) is 17.0 Å². The Morgan fingerprint density at radius 3 is 2.50 bits per heavy atom. The number of aryl methyl sites for hydroxylation is 1. The summed E-state index contributed by atoms with van der Waals surface area (Å²) in [6.45, 7) is 6.36. The van der Waals surface area contributed by atoms with E-state index in [1.165, 1.54) is 21.1 Å². The van der Waals surface area contributed by atoms with E-state index in [9.17, 15) is 17.2 Å². The molecule has 142 valence electrons. The molecule has 0 N–H and O–H groups in total.